The number of ether oxygens (including phenoxy) is 2. The van der Waals surface area contributed by atoms with Crippen LogP contribution in [0.25, 0.3) is 46.1 Å². The van der Waals surface area contributed by atoms with Crippen LogP contribution in [0.3, 0.4) is 0 Å². The molecule has 4 rings (SSSR count). The number of carbonyl (C=O) groups excluding carboxylic acids is 2. The third-order valence-corrected chi connectivity index (χ3v) is 8.65. The highest BCUT2D eigenvalue weighted by molar-refractivity contribution is 5.92. The molecule has 0 aliphatic rings. The quantitative estimate of drug-likeness (QED) is 0.0441. The van der Waals surface area contributed by atoms with E-state index in [0.717, 1.165) is 46.4 Å². The lowest BCUT2D eigenvalue weighted by Crippen LogP contribution is -2.22. The number of unbranched alkanes of at least 4 members (excludes halogenated alkanes) is 9. The third kappa shape index (κ3) is 14.5. The second-order valence-electron chi connectivity index (χ2n) is 14.4. The zero-order valence-electron chi connectivity index (χ0n) is 32.2. The number of benzene rings is 3. The maximum absolute atomic E-state index is 12.5. The summed E-state index contributed by atoms with van der Waals surface area (Å²) in [6.45, 7) is 7.98. The molecule has 3 aromatic carbocycles. The van der Waals surface area contributed by atoms with Gasteiger partial charge in [0.1, 0.15) is 17.2 Å². The van der Waals surface area contributed by atoms with Crippen molar-refractivity contribution in [2.24, 2.45) is 0 Å². The van der Waals surface area contributed by atoms with Gasteiger partial charge in [-0.15, -0.1) is 0 Å². The van der Waals surface area contributed by atoms with Gasteiger partial charge >= 0.3 is 11.9 Å². The van der Waals surface area contributed by atoms with Gasteiger partial charge in [0.15, 0.2) is 6.61 Å². The highest BCUT2D eigenvalue weighted by Crippen LogP contribution is 2.34. The molecule has 0 bridgehead atoms. The molecule has 0 saturated carbocycles. The Kier molecular flexibility index (Phi) is 16.3. The Bertz CT molecular complexity index is 1830. The Balaban J connectivity index is 1.42. The van der Waals surface area contributed by atoms with E-state index in [-0.39, 0.29) is 5.91 Å². The first-order valence-corrected chi connectivity index (χ1v) is 19.1. The summed E-state index contributed by atoms with van der Waals surface area (Å²) < 4.78 is 10.7. The second-order valence-corrected chi connectivity index (χ2v) is 14.4. The lowest BCUT2D eigenvalue weighted by Gasteiger charge is -2.17. The molecule has 9 nitrogen and oxygen atoms in total. The Morgan fingerprint density at radius 2 is 1.26 bits per heavy atom. The number of rotatable bonds is 21. The minimum atomic E-state index is -1.05. The van der Waals surface area contributed by atoms with Gasteiger partial charge in [-0.3, -0.25) is 4.79 Å². The molecule has 0 unspecified atom stereocenters. The fourth-order valence-electron chi connectivity index (χ4n) is 5.85. The van der Waals surface area contributed by atoms with E-state index in [9.17, 15) is 14.4 Å². The molecule has 54 heavy (non-hydrogen) atoms. The number of aromatic amines is 1. The number of aromatic nitrogens is 2. The van der Waals surface area contributed by atoms with E-state index in [4.69, 9.17) is 19.6 Å². The lowest BCUT2D eigenvalue weighted by atomic mass is 10.0. The maximum atomic E-state index is 12.5. The number of carboxylic acid groups (broad SMARTS) is 1. The van der Waals surface area contributed by atoms with Crippen molar-refractivity contribution in [3.05, 3.63) is 96.1 Å². The number of hydrogen-bond donors (Lipinski definition) is 3. The van der Waals surface area contributed by atoms with Gasteiger partial charge in [-0.05, 0) is 74.7 Å². The summed E-state index contributed by atoms with van der Waals surface area (Å²) in [5, 5.41) is 12.0. The average Bonchev–Trinajstić information content (AvgIpc) is 3.60. The van der Waals surface area contributed by atoms with Gasteiger partial charge in [-0.25, -0.2) is 14.6 Å². The van der Waals surface area contributed by atoms with Gasteiger partial charge < -0.3 is 24.9 Å². The summed E-state index contributed by atoms with van der Waals surface area (Å²) in [6, 6.07) is 22.7. The standard InChI is InChI=1S/C45H55N3O6/c1-5-6-7-8-9-10-11-12-13-14-31-46-39(49)29-19-33-15-21-35(22-16-33)42-43(36-25-27-38(28-26-36)53-32-40(50)51)48-44(47-42)37-23-17-34(18-24-37)20-30-41(52)54-45(2,3)4/h15-30H,5-14,31-32H2,1-4H3,(H,46,49)(H,47,48)(H,50,51)/b29-19+,30-20+. The molecular formula is C45H55N3O6. The fraction of sp³-hybridized carbons (Fsp3) is 0.378. The van der Waals surface area contributed by atoms with Crippen molar-refractivity contribution in [3.63, 3.8) is 0 Å². The second kappa shape index (κ2) is 21.3. The van der Waals surface area contributed by atoms with Crippen molar-refractivity contribution >= 4 is 30.0 Å². The van der Waals surface area contributed by atoms with E-state index in [1.165, 1.54) is 57.4 Å². The summed E-state index contributed by atoms with van der Waals surface area (Å²) in [7, 11) is 0. The molecule has 9 heteroatoms. The van der Waals surface area contributed by atoms with Crippen molar-refractivity contribution in [2.45, 2.75) is 97.5 Å². The predicted octanol–water partition coefficient (Wildman–Crippen LogP) is 10.3. The highest BCUT2D eigenvalue weighted by Gasteiger charge is 2.17. The first kappa shape index (κ1) is 41.3. The monoisotopic (exact) mass is 733 g/mol. The Labute approximate surface area is 319 Å². The summed E-state index contributed by atoms with van der Waals surface area (Å²) in [6.07, 6.45) is 19.1. The van der Waals surface area contributed by atoms with Crippen molar-refractivity contribution in [1.82, 2.24) is 15.3 Å². The summed E-state index contributed by atoms with van der Waals surface area (Å²) >= 11 is 0. The molecule has 0 fully saturated rings. The molecule has 0 spiro atoms. The van der Waals surface area contributed by atoms with Crippen LogP contribution in [0.2, 0.25) is 0 Å². The van der Waals surface area contributed by atoms with E-state index < -0.39 is 24.1 Å². The van der Waals surface area contributed by atoms with Crippen LogP contribution in [0.5, 0.6) is 5.75 Å². The molecule has 1 amide bonds. The van der Waals surface area contributed by atoms with E-state index in [2.05, 4.69) is 17.2 Å². The van der Waals surface area contributed by atoms with Gasteiger partial charge in [0.25, 0.3) is 0 Å². The van der Waals surface area contributed by atoms with Crippen LogP contribution >= 0.6 is 0 Å². The van der Waals surface area contributed by atoms with E-state index in [1.807, 2.05) is 87.5 Å². The number of amides is 1. The van der Waals surface area contributed by atoms with E-state index in [0.29, 0.717) is 23.8 Å². The van der Waals surface area contributed by atoms with E-state index in [1.54, 1.807) is 24.3 Å². The highest BCUT2D eigenvalue weighted by atomic mass is 16.6. The molecule has 0 atom stereocenters. The molecule has 0 radical (unpaired) electrons. The Morgan fingerprint density at radius 1 is 0.722 bits per heavy atom. The number of esters is 1. The maximum Gasteiger partial charge on any atom is 0.341 e. The molecule has 1 aromatic heterocycles. The van der Waals surface area contributed by atoms with Crippen molar-refractivity contribution in [3.8, 4) is 39.7 Å². The Hall–Kier alpha value is -5.44. The molecule has 0 saturated heterocycles. The van der Waals surface area contributed by atoms with Gasteiger partial charge in [0.05, 0.1) is 11.4 Å². The largest absolute Gasteiger partial charge is 0.482 e. The zero-order valence-corrected chi connectivity index (χ0v) is 32.2. The van der Waals surface area contributed by atoms with Gasteiger partial charge in [-0.2, -0.15) is 0 Å². The number of aliphatic carboxylic acids is 1. The number of H-pyrrole nitrogens is 1. The van der Waals surface area contributed by atoms with Gasteiger partial charge in [0, 0.05) is 35.4 Å². The van der Waals surface area contributed by atoms with Crippen LogP contribution in [-0.4, -0.2) is 51.7 Å². The number of carbonyl (C=O) groups is 3. The molecule has 0 aliphatic carbocycles. The molecule has 3 N–H and O–H groups in total. The Morgan fingerprint density at radius 3 is 1.83 bits per heavy atom. The van der Waals surface area contributed by atoms with Crippen LogP contribution in [0, 0.1) is 0 Å². The number of nitrogens with zero attached hydrogens (tertiary/aromatic N) is 1. The summed E-state index contributed by atoms with van der Waals surface area (Å²) in [5.74, 6) is -0.463. The third-order valence-electron chi connectivity index (χ3n) is 8.65. The van der Waals surface area contributed by atoms with E-state index >= 15 is 0 Å². The van der Waals surface area contributed by atoms with Crippen molar-refractivity contribution in [2.75, 3.05) is 13.2 Å². The molecule has 1 heterocycles. The minimum absolute atomic E-state index is 0.0994. The van der Waals surface area contributed by atoms with Crippen molar-refractivity contribution < 1.29 is 29.0 Å². The molecule has 4 aromatic rings. The fourth-order valence-corrected chi connectivity index (χ4v) is 5.85. The van der Waals surface area contributed by atoms with Crippen molar-refractivity contribution in [1.29, 1.82) is 0 Å². The van der Waals surface area contributed by atoms with Crippen LogP contribution in [0.15, 0.2) is 84.9 Å². The van der Waals surface area contributed by atoms with Crippen LogP contribution in [0.1, 0.15) is 103 Å². The SMILES string of the molecule is CCCCCCCCCCCCNC(=O)/C=C/c1ccc(-c2[nH]c(-c3ccc(/C=C/C(=O)OC(C)(C)C)cc3)nc2-c2ccc(OCC(=O)O)cc2)cc1. The van der Waals surface area contributed by atoms with Crippen LogP contribution in [-0.2, 0) is 19.1 Å². The normalized spacial score (nSPS) is 11.6. The first-order chi connectivity index (χ1) is 26.0. The summed E-state index contributed by atoms with van der Waals surface area (Å²) in [5.41, 5.74) is 5.23. The van der Waals surface area contributed by atoms with Gasteiger partial charge in [0.2, 0.25) is 5.91 Å². The molecule has 0 aliphatic heterocycles. The topological polar surface area (TPSA) is 131 Å². The smallest absolute Gasteiger partial charge is 0.341 e. The van der Waals surface area contributed by atoms with Crippen LogP contribution < -0.4 is 10.1 Å². The zero-order chi connectivity index (χ0) is 38.8. The molecular weight excluding hydrogens is 679 g/mol. The predicted molar refractivity (Wildman–Crippen MR) is 217 cm³/mol. The number of carboxylic acids is 1. The van der Waals surface area contributed by atoms with Crippen LogP contribution in [0.4, 0.5) is 0 Å². The lowest BCUT2D eigenvalue weighted by molar-refractivity contribution is -0.148. The average molecular weight is 734 g/mol. The number of nitrogens with one attached hydrogen (secondary N) is 2. The number of hydrogen-bond acceptors (Lipinski definition) is 6. The van der Waals surface area contributed by atoms with Gasteiger partial charge in [-0.1, -0.05) is 113 Å². The minimum Gasteiger partial charge on any atom is -0.482 e. The number of imidazole rings is 1. The first-order valence-electron chi connectivity index (χ1n) is 19.1. The molecule has 286 valence electrons. The summed E-state index contributed by atoms with van der Waals surface area (Å²) in [4.78, 5) is 44.0.